The fourth-order valence-electron chi connectivity index (χ4n) is 11.9. The van der Waals surface area contributed by atoms with Gasteiger partial charge in [0.2, 0.25) is 17.8 Å². The molecule has 6 aromatic rings. The number of benzene rings is 4. The normalized spacial score (nSPS) is 19.2. The van der Waals surface area contributed by atoms with E-state index in [2.05, 4.69) is 48.0 Å². The molecule has 3 N–H and O–H groups in total. The van der Waals surface area contributed by atoms with Gasteiger partial charge in [-0.05, 0) is 124 Å². The maximum Gasteiger partial charge on any atom is 0.262 e. The smallest absolute Gasteiger partial charge is 0.262 e. The van der Waals surface area contributed by atoms with Crippen molar-refractivity contribution < 1.29 is 32.9 Å². The first-order chi connectivity index (χ1) is 37.0. The van der Waals surface area contributed by atoms with Gasteiger partial charge < -0.3 is 34.6 Å². The minimum absolute atomic E-state index is 0.0176. The summed E-state index contributed by atoms with van der Waals surface area (Å²) in [6, 6.07) is 21.5. The third-order valence-corrected chi connectivity index (χ3v) is 18.1. The van der Waals surface area contributed by atoms with Gasteiger partial charge in [0.25, 0.3) is 11.8 Å². The number of imide groups is 2. The number of hydrogen-bond acceptors (Lipinski definition) is 14. The van der Waals surface area contributed by atoms with Crippen molar-refractivity contribution in [2.45, 2.75) is 57.4 Å². The number of nitrogens with zero attached hydrogens (tertiary/aromatic N) is 8. The van der Waals surface area contributed by atoms with E-state index in [0.717, 1.165) is 110 Å². The third kappa shape index (κ3) is 10.5. The molecule has 5 aliphatic heterocycles. The van der Waals surface area contributed by atoms with Crippen LogP contribution in [0.5, 0.6) is 5.75 Å². The highest BCUT2D eigenvalue weighted by atomic mass is 35.5. The van der Waals surface area contributed by atoms with Crippen LogP contribution in [0.4, 0.5) is 38.9 Å². The number of methoxy groups -OCH3 is 1. The van der Waals surface area contributed by atoms with Crippen LogP contribution in [-0.2, 0) is 21.2 Å². The highest BCUT2D eigenvalue weighted by Gasteiger charge is 2.46. The van der Waals surface area contributed by atoms with Crippen LogP contribution in [0.2, 0.25) is 5.02 Å². The lowest BCUT2D eigenvalue weighted by Gasteiger charge is -2.48. The lowest BCUT2D eigenvalue weighted by molar-refractivity contribution is -0.136. The Morgan fingerprint density at radius 3 is 2.16 bits per heavy atom. The van der Waals surface area contributed by atoms with Crippen LogP contribution in [0.3, 0.4) is 0 Å². The van der Waals surface area contributed by atoms with E-state index in [4.69, 9.17) is 21.3 Å². The zero-order chi connectivity index (χ0) is 53.8. The molecule has 77 heavy (non-hydrogen) atoms. The first-order valence-electron chi connectivity index (χ1n) is 26.3. The van der Waals surface area contributed by atoms with E-state index in [0.29, 0.717) is 63.9 Å². The minimum atomic E-state index is -2.75. The molecule has 11 rings (SSSR count). The quantitative estimate of drug-likeness (QED) is 0.0734. The predicted molar refractivity (Wildman–Crippen MR) is 297 cm³/mol. The van der Waals surface area contributed by atoms with Crippen LogP contribution in [0, 0.1) is 17.2 Å². The van der Waals surface area contributed by atoms with E-state index in [1.54, 1.807) is 25.1 Å². The molecule has 1 unspecified atom stereocenters. The molecule has 4 aromatic carbocycles. The molecule has 0 bridgehead atoms. The molecule has 2 aromatic heterocycles. The summed E-state index contributed by atoms with van der Waals surface area (Å²) in [4.78, 5) is 68.3. The van der Waals surface area contributed by atoms with Gasteiger partial charge in [-0.25, -0.2) is 9.37 Å². The van der Waals surface area contributed by atoms with Crippen LogP contribution in [-0.4, -0.2) is 125 Å². The highest BCUT2D eigenvalue weighted by Crippen LogP contribution is 2.46. The number of nitrogens with one attached hydrogen (secondary N) is 3. The van der Waals surface area contributed by atoms with Crippen molar-refractivity contribution in [2.75, 3.05) is 86.7 Å². The van der Waals surface area contributed by atoms with Crippen molar-refractivity contribution in [2.24, 2.45) is 18.4 Å². The number of amides is 4. The second kappa shape index (κ2) is 21.0. The maximum atomic E-state index is 15.7. The summed E-state index contributed by atoms with van der Waals surface area (Å²) < 4.78 is 37.2. The Kier molecular flexibility index (Phi) is 14.2. The standard InChI is InChI=1S/C57H62ClFN11O6P/c1-66-34-38(31-61-66)39-28-45(63-56-60-32-42(58)52(65-56)62-44-11-10-37(26-50(44)77(3,4)75)36-8-6-5-7-9-36)49(76-2)30-47(39)68-20-14-35(15-21-68)33-67-22-16-57(17-23-67)18-24-69(25-19-57)48-29-41-40(27-43(48)59)54(73)70(55(41)74)46-12-13-51(71)64-53(46)72/h5-11,26-32,34-35,46H,12-25,33H2,1-4H3,(H,64,71,72)(H2,60,62,63,65). The number of piperidine rings is 4. The molecule has 4 fully saturated rings. The number of aryl methyl sites for hydroxylation is 1. The number of rotatable bonds is 13. The number of ether oxygens (including phenoxy) is 1. The van der Waals surface area contributed by atoms with E-state index in [9.17, 15) is 23.7 Å². The van der Waals surface area contributed by atoms with Gasteiger partial charge in [0.15, 0.2) is 5.82 Å². The second-order valence-electron chi connectivity index (χ2n) is 21.6. The molecule has 0 radical (unpaired) electrons. The van der Waals surface area contributed by atoms with E-state index >= 15 is 4.39 Å². The first kappa shape index (κ1) is 51.9. The summed E-state index contributed by atoms with van der Waals surface area (Å²) >= 11 is 6.71. The molecule has 20 heteroatoms. The van der Waals surface area contributed by atoms with Gasteiger partial charge in [0.1, 0.15) is 29.8 Å². The van der Waals surface area contributed by atoms with Crippen molar-refractivity contribution in [3.63, 3.8) is 0 Å². The number of aromatic nitrogens is 4. The van der Waals surface area contributed by atoms with Crippen molar-refractivity contribution in [3.05, 3.63) is 113 Å². The van der Waals surface area contributed by atoms with Gasteiger partial charge in [-0.2, -0.15) is 10.1 Å². The van der Waals surface area contributed by atoms with E-state index in [1.165, 1.54) is 12.3 Å². The van der Waals surface area contributed by atoms with Gasteiger partial charge in [-0.15, -0.1) is 0 Å². The Hall–Kier alpha value is -7.14. The van der Waals surface area contributed by atoms with Crippen molar-refractivity contribution in [1.29, 1.82) is 0 Å². The van der Waals surface area contributed by atoms with Gasteiger partial charge in [0.05, 0.1) is 47.7 Å². The number of likely N-dealkylation sites (tertiary alicyclic amines) is 1. The summed E-state index contributed by atoms with van der Waals surface area (Å²) in [5, 5.41) is 14.5. The molecule has 17 nitrogen and oxygen atoms in total. The SMILES string of the molecule is COc1cc(N2CCC(CN3CCC4(CC3)CCN(c3cc5c(cc3F)C(=O)N(C3CCC(=O)NC3=O)C5=O)CC4)CC2)c(-c2cnn(C)c2)cc1Nc1ncc(Cl)c(Nc2ccc(-c3ccccc3)cc2P(C)(C)=O)n1. The molecule has 4 saturated heterocycles. The Morgan fingerprint density at radius 2 is 1.48 bits per heavy atom. The fraction of sp³-hybridized carbons (Fsp3) is 0.386. The molecular weight excluding hydrogens is 1020 g/mol. The Bertz CT molecular complexity index is 3340. The Morgan fingerprint density at radius 1 is 0.779 bits per heavy atom. The van der Waals surface area contributed by atoms with Gasteiger partial charge in [-0.3, -0.25) is 34.1 Å². The van der Waals surface area contributed by atoms with E-state index in [-0.39, 0.29) is 29.4 Å². The Balaban J connectivity index is 0.718. The first-order valence-corrected chi connectivity index (χ1v) is 29.3. The minimum Gasteiger partial charge on any atom is -0.494 e. The number of carbonyl (C=O) groups is 4. The largest absolute Gasteiger partial charge is 0.494 e. The van der Waals surface area contributed by atoms with Crippen LogP contribution in [0.15, 0.2) is 91.4 Å². The van der Waals surface area contributed by atoms with E-state index in [1.807, 2.05) is 72.9 Å². The number of carbonyl (C=O) groups excluding carboxylic acids is 4. The molecule has 1 spiro atoms. The zero-order valence-electron chi connectivity index (χ0n) is 43.7. The number of halogens is 2. The number of hydrogen-bond donors (Lipinski definition) is 3. The topological polar surface area (TPSA) is 187 Å². The summed E-state index contributed by atoms with van der Waals surface area (Å²) in [7, 11) is 0.809. The van der Waals surface area contributed by atoms with Gasteiger partial charge >= 0.3 is 0 Å². The monoisotopic (exact) mass is 1080 g/mol. The summed E-state index contributed by atoms with van der Waals surface area (Å²) in [6.07, 6.45) is 11.5. The third-order valence-electron chi connectivity index (χ3n) is 16.3. The van der Waals surface area contributed by atoms with Crippen molar-refractivity contribution in [3.8, 4) is 28.0 Å². The summed E-state index contributed by atoms with van der Waals surface area (Å²) in [5.74, 6) is -1.24. The zero-order valence-corrected chi connectivity index (χ0v) is 45.3. The van der Waals surface area contributed by atoms with Gasteiger partial charge in [-0.1, -0.05) is 48.0 Å². The molecule has 1 atom stereocenters. The number of fused-ring (bicyclic) bond motifs is 1. The highest BCUT2D eigenvalue weighted by molar-refractivity contribution is 7.70. The molecule has 400 valence electrons. The molecule has 4 amide bonds. The summed E-state index contributed by atoms with van der Waals surface area (Å²) in [6.45, 7) is 9.58. The molecule has 5 aliphatic rings. The summed E-state index contributed by atoms with van der Waals surface area (Å²) in [5.41, 5.74) is 6.79. The lowest BCUT2D eigenvalue weighted by atomic mass is 9.71. The molecular formula is C57H62ClFN11O6P. The lowest BCUT2D eigenvalue weighted by Crippen LogP contribution is -2.54. The maximum absolute atomic E-state index is 15.7. The van der Waals surface area contributed by atoms with Crippen molar-refractivity contribution >= 4 is 82.2 Å². The van der Waals surface area contributed by atoms with Crippen molar-refractivity contribution in [1.82, 2.24) is 34.9 Å². The van der Waals surface area contributed by atoms with Crippen LogP contribution in [0.1, 0.15) is 72.1 Å². The van der Waals surface area contributed by atoms with Crippen LogP contribution >= 0.6 is 18.7 Å². The second-order valence-corrected chi connectivity index (χ2v) is 25.2. The predicted octanol–water partition coefficient (Wildman–Crippen LogP) is 9.08. The molecule has 0 aliphatic carbocycles. The average Bonchev–Trinajstić information content (AvgIpc) is 4.14. The molecule has 7 heterocycles. The fourth-order valence-corrected chi connectivity index (χ4v) is 13.2. The van der Waals surface area contributed by atoms with E-state index < -0.39 is 42.6 Å². The Labute approximate surface area is 451 Å². The average molecular weight is 1080 g/mol. The van der Waals surface area contributed by atoms with Crippen LogP contribution in [0.25, 0.3) is 22.3 Å². The number of anilines is 6. The van der Waals surface area contributed by atoms with Gasteiger partial charge in [0, 0.05) is 80.6 Å². The molecule has 0 saturated carbocycles. The van der Waals surface area contributed by atoms with Crippen LogP contribution < -0.4 is 35.8 Å².